The lowest BCUT2D eigenvalue weighted by atomic mass is 10.2. The van der Waals surface area contributed by atoms with Crippen molar-refractivity contribution >= 4 is 11.5 Å². The molecule has 1 atom stereocenters. The van der Waals surface area contributed by atoms with Gasteiger partial charge in [-0.05, 0) is 19.1 Å². The molecule has 0 bridgehead atoms. The quantitative estimate of drug-likeness (QED) is 0.803. The molecule has 0 aliphatic rings. The topological polar surface area (TPSA) is 69.6 Å². The minimum atomic E-state index is -0.426. The van der Waals surface area contributed by atoms with Gasteiger partial charge in [0.2, 0.25) is 0 Å². The highest BCUT2D eigenvalue weighted by Gasteiger charge is 2.17. The molecule has 90 valence electrons. The van der Waals surface area contributed by atoms with Crippen LogP contribution in [0.4, 0.5) is 0 Å². The molecule has 1 unspecified atom stereocenters. The van der Waals surface area contributed by atoms with Crippen LogP contribution in [-0.4, -0.2) is 28.5 Å². The van der Waals surface area contributed by atoms with Gasteiger partial charge in [-0.2, -0.15) is 0 Å². The van der Waals surface area contributed by atoms with Crippen LogP contribution in [0.5, 0.6) is 0 Å². The standard InChI is InChI=1S/C12H15N3O2/c1-8(13)7-10-14-11(12(16)17-2)9-5-3-4-6-15(9)10/h3-6,8H,7,13H2,1-2H3. The molecule has 0 aromatic carbocycles. The van der Waals surface area contributed by atoms with Gasteiger partial charge in [0.15, 0.2) is 5.69 Å². The van der Waals surface area contributed by atoms with Crippen LogP contribution in [-0.2, 0) is 11.2 Å². The summed E-state index contributed by atoms with van der Waals surface area (Å²) in [6.07, 6.45) is 2.48. The van der Waals surface area contributed by atoms with Gasteiger partial charge in [0, 0.05) is 18.7 Å². The van der Waals surface area contributed by atoms with E-state index in [4.69, 9.17) is 10.5 Å². The van der Waals surface area contributed by atoms with Crippen molar-refractivity contribution in [3.63, 3.8) is 0 Å². The number of hydrogen-bond acceptors (Lipinski definition) is 4. The van der Waals surface area contributed by atoms with E-state index in [1.807, 2.05) is 35.7 Å². The number of aromatic nitrogens is 2. The molecular formula is C12H15N3O2. The average Bonchev–Trinajstić information content (AvgIpc) is 2.67. The molecule has 2 heterocycles. The van der Waals surface area contributed by atoms with Gasteiger partial charge in [-0.3, -0.25) is 0 Å². The fraction of sp³-hybridized carbons (Fsp3) is 0.333. The van der Waals surface area contributed by atoms with Gasteiger partial charge >= 0.3 is 5.97 Å². The van der Waals surface area contributed by atoms with Crippen LogP contribution in [0.15, 0.2) is 24.4 Å². The van der Waals surface area contributed by atoms with Gasteiger partial charge in [0.1, 0.15) is 5.82 Å². The first-order valence-electron chi connectivity index (χ1n) is 5.43. The summed E-state index contributed by atoms with van der Waals surface area (Å²) in [7, 11) is 1.35. The number of nitrogens with zero attached hydrogens (tertiary/aromatic N) is 2. The van der Waals surface area contributed by atoms with Crippen LogP contribution in [0.25, 0.3) is 5.52 Å². The van der Waals surface area contributed by atoms with Crippen molar-refractivity contribution in [1.29, 1.82) is 0 Å². The molecule has 0 aliphatic carbocycles. The average molecular weight is 233 g/mol. The first-order valence-corrected chi connectivity index (χ1v) is 5.43. The van der Waals surface area contributed by atoms with Crippen molar-refractivity contribution in [3.05, 3.63) is 35.9 Å². The molecule has 17 heavy (non-hydrogen) atoms. The molecule has 2 N–H and O–H groups in total. The Morgan fingerprint density at radius 1 is 1.59 bits per heavy atom. The Morgan fingerprint density at radius 2 is 2.35 bits per heavy atom. The number of ether oxygens (including phenoxy) is 1. The highest BCUT2D eigenvalue weighted by Crippen LogP contribution is 2.15. The summed E-state index contributed by atoms with van der Waals surface area (Å²) in [4.78, 5) is 15.9. The lowest BCUT2D eigenvalue weighted by Gasteiger charge is -2.03. The Labute approximate surface area is 99.2 Å². The number of carbonyl (C=O) groups is 1. The van der Waals surface area contributed by atoms with Crippen LogP contribution in [0.3, 0.4) is 0 Å². The van der Waals surface area contributed by atoms with Gasteiger partial charge < -0.3 is 14.9 Å². The molecule has 5 nitrogen and oxygen atoms in total. The summed E-state index contributed by atoms with van der Waals surface area (Å²) in [6.45, 7) is 1.90. The summed E-state index contributed by atoms with van der Waals surface area (Å²) in [5, 5.41) is 0. The van der Waals surface area contributed by atoms with Crippen LogP contribution in [0.2, 0.25) is 0 Å². The molecule has 0 saturated carbocycles. The van der Waals surface area contributed by atoms with E-state index in [0.29, 0.717) is 12.1 Å². The highest BCUT2D eigenvalue weighted by molar-refractivity contribution is 5.95. The van der Waals surface area contributed by atoms with E-state index in [-0.39, 0.29) is 6.04 Å². The first-order chi connectivity index (χ1) is 8.13. The molecule has 0 spiro atoms. The molecule has 2 aromatic rings. The van der Waals surface area contributed by atoms with E-state index in [1.165, 1.54) is 7.11 Å². The maximum Gasteiger partial charge on any atom is 0.358 e. The van der Waals surface area contributed by atoms with Gasteiger partial charge in [-0.1, -0.05) is 6.07 Å². The molecule has 0 aliphatic heterocycles. The number of hydrogen-bond donors (Lipinski definition) is 1. The molecule has 2 rings (SSSR count). The second kappa shape index (κ2) is 4.55. The van der Waals surface area contributed by atoms with Gasteiger partial charge in [0.05, 0.1) is 12.6 Å². The van der Waals surface area contributed by atoms with E-state index >= 15 is 0 Å². The van der Waals surface area contributed by atoms with E-state index < -0.39 is 5.97 Å². The zero-order valence-electron chi connectivity index (χ0n) is 9.88. The molecule has 5 heteroatoms. The van der Waals surface area contributed by atoms with Crippen molar-refractivity contribution in [2.75, 3.05) is 7.11 Å². The Morgan fingerprint density at radius 3 is 3.00 bits per heavy atom. The number of imidazole rings is 1. The van der Waals surface area contributed by atoms with E-state index in [2.05, 4.69) is 4.98 Å². The molecule has 0 radical (unpaired) electrons. The third-order valence-corrected chi connectivity index (χ3v) is 2.50. The van der Waals surface area contributed by atoms with Crippen LogP contribution >= 0.6 is 0 Å². The minimum absolute atomic E-state index is 0.00805. The molecular weight excluding hydrogens is 218 g/mol. The van der Waals surface area contributed by atoms with Gasteiger partial charge in [-0.25, -0.2) is 9.78 Å². The molecule has 0 saturated heterocycles. The third-order valence-electron chi connectivity index (χ3n) is 2.50. The molecule has 0 fully saturated rings. The SMILES string of the molecule is COC(=O)c1nc(CC(C)N)n2ccccc12. The zero-order valence-corrected chi connectivity index (χ0v) is 9.88. The number of carbonyl (C=O) groups excluding carboxylic acids is 1. The summed E-state index contributed by atoms with van der Waals surface area (Å²) >= 11 is 0. The maximum absolute atomic E-state index is 11.6. The Hall–Kier alpha value is -1.88. The van der Waals surface area contributed by atoms with E-state index in [9.17, 15) is 4.79 Å². The smallest absolute Gasteiger partial charge is 0.358 e. The summed E-state index contributed by atoms with van der Waals surface area (Å²) in [5.74, 6) is 0.348. The third kappa shape index (κ3) is 2.14. The second-order valence-corrected chi connectivity index (χ2v) is 4.01. The Bertz CT molecular complexity index is 546. The van der Waals surface area contributed by atoms with Crippen LogP contribution in [0.1, 0.15) is 23.2 Å². The highest BCUT2D eigenvalue weighted by atomic mass is 16.5. The number of esters is 1. The van der Waals surface area contributed by atoms with E-state index in [0.717, 1.165) is 11.3 Å². The van der Waals surface area contributed by atoms with Crippen molar-refractivity contribution in [1.82, 2.24) is 9.38 Å². The summed E-state index contributed by atoms with van der Waals surface area (Å²) in [5.41, 5.74) is 6.85. The van der Waals surface area contributed by atoms with Crippen molar-refractivity contribution in [3.8, 4) is 0 Å². The first kappa shape index (κ1) is 11.6. The lowest BCUT2D eigenvalue weighted by Crippen LogP contribution is -2.19. The van der Waals surface area contributed by atoms with E-state index in [1.54, 1.807) is 0 Å². The Balaban J connectivity index is 2.58. The monoisotopic (exact) mass is 233 g/mol. The molecule has 2 aromatic heterocycles. The number of pyridine rings is 1. The lowest BCUT2D eigenvalue weighted by molar-refractivity contribution is 0.0597. The van der Waals surface area contributed by atoms with Gasteiger partial charge in [-0.15, -0.1) is 0 Å². The van der Waals surface area contributed by atoms with Gasteiger partial charge in [0.25, 0.3) is 0 Å². The Kier molecular flexibility index (Phi) is 3.10. The fourth-order valence-corrected chi connectivity index (χ4v) is 1.78. The number of rotatable bonds is 3. The fourth-order valence-electron chi connectivity index (χ4n) is 1.78. The normalized spacial score (nSPS) is 12.6. The number of fused-ring (bicyclic) bond motifs is 1. The van der Waals surface area contributed by atoms with Crippen LogP contribution in [0, 0.1) is 0 Å². The van der Waals surface area contributed by atoms with Crippen molar-refractivity contribution in [2.45, 2.75) is 19.4 Å². The van der Waals surface area contributed by atoms with Crippen LogP contribution < -0.4 is 5.73 Å². The maximum atomic E-state index is 11.6. The zero-order chi connectivity index (χ0) is 12.4. The summed E-state index contributed by atoms with van der Waals surface area (Å²) < 4.78 is 6.59. The van der Waals surface area contributed by atoms with Crippen molar-refractivity contribution in [2.24, 2.45) is 5.73 Å². The molecule has 0 amide bonds. The largest absolute Gasteiger partial charge is 0.464 e. The summed E-state index contributed by atoms with van der Waals surface area (Å²) in [6, 6.07) is 5.58. The predicted octanol–water partition coefficient (Wildman–Crippen LogP) is 1.01. The second-order valence-electron chi connectivity index (χ2n) is 4.01. The number of methoxy groups -OCH3 is 1. The van der Waals surface area contributed by atoms with Crippen molar-refractivity contribution < 1.29 is 9.53 Å². The minimum Gasteiger partial charge on any atom is -0.464 e. The number of nitrogens with two attached hydrogens (primary N) is 1. The predicted molar refractivity (Wildman–Crippen MR) is 63.9 cm³/mol.